The highest BCUT2D eigenvalue weighted by molar-refractivity contribution is 6.04. The molecule has 5 aromatic rings. The Morgan fingerprint density at radius 2 is 1.91 bits per heavy atom. The summed E-state index contributed by atoms with van der Waals surface area (Å²) in [5, 5.41) is 15.8. The summed E-state index contributed by atoms with van der Waals surface area (Å²) in [4.78, 5) is 17.9. The molecule has 1 fully saturated rings. The number of methoxy groups -OCH3 is 1. The van der Waals surface area contributed by atoms with Crippen LogP contribution in [0.3, 0.4) is 0 Å². The highest BCUT2D eigenvalue weighted by Crippen LogP contribution is 2.35. The summed E-state index contributed by atoms with van der Waals surface area (Å²) >= 11 is 0. The lowest BCUT2D eigenvalue weighted by molar-refractivity contribution is 0.102. The second-order valence-corrected chi connectivity index (χ2v) is 11.5. The molecule has 1 aliphatic heterocycles. The number of hydrogen-bond acceptors (Lipinski definition) is 7. The van der Waals surface area contributed by atoms with Crippen LogP contribution in [-0.4, -0.2) is 46.9 Å². The van der Waals surface area contributed by atoms with Crippen molar-refractivity contribution < 1.29 is 14.3 Å². The number of amides is 1. The predicted octanol–water partition coefficient (Wildman–Crippen LogP) is 6.74. The fourth-order valence-corrected chi connectivity index (χ4v) is 5.67. The summed E-state index contributed by atoms with van der Waals surface area (Å²) in [7, 11) is 1.66. The van der Waals surface area contributed by atoms with E-state index in [-0.39, 0.29) is 11.9 Å². The van der Waals surface area contributed by atoms with E-state index in [1.165, 1.54) is 5.56 Å². The van der Waals surface area contributed by atoms with E-state index in [0.717, 1.165) is 53.3 Å². The Bertz CT molecular complexity index is 1770. The van der Waals surface area contributed by atoms with Gasteiger partial charge in [0.2, 0.25) is 0 Å². The summed E-state index contributed by atoms with van der Waals surface area (Å²) in [6.45, 7) is 8.76. The highest BCUT2D eigenvalue weighted by Gasteiger charge is 2.22. The summed E-state index contributed by atoms with van der Waals surface area (Å²) in [5.74, 6) is 2.91. The minimum Gasteiger partial charge on any atom is -0.497 e. The number of benzene rings is 3. The number of rotatable bonds is 10. The van der Waals surface area contributed by atoms with Crippen molar-refractivity contribution in [2.24, 2.45) is 0 Å². The maximum Gasteiger partial charge on any atom is 0.255 e. The summed E-state index contributed by atoms with van der Waals surface area (Å²) in [6, 6.07) is 23.3. The van der Waals surface area contributed by atoms with Gasteiger partial charge in [-0.25, -0.2) is 9.67 Å². The number of carbonyl (C=O) groups is 1. The van der Waals surface area contributed by atoms with Gasteiger partial charge in [-0.05, 0) is 85.0 Å². The average molecular weight is 591 g/mol. The van der Waals surface area contributed by atoms with Crippen LogP contribution in [0.4, 0.5) is 11.5 Å². The fraction of sp³-hybridized carbons (Fsp3) is 0.286. The maximum atomic E-state index is 13.2. The van der Waals surface area contributed by atoms with Gasteiger partial charge in [0, 0.05) is 36.1 Å². The zero-order valence-corrected chi connectivity index (χ0v) is 25.6. The number of aryl methyl sites for hydroxylation is 1. The van der Waals surface area contributed by atoms with Crippen molar-refractivity contribution in [2.45, 2.75) is 45.7 Å². The fourth-order valence-electron chi connectivity index (χ4n) is 5.67. The maximum absolute atomic E-state index is 13.2. The van der Waals surface area contributed by atoms with Crippen molar-refractivity contribution in [3.8, 4) is 17.2 Å². The van der Waals surface area contributed by atoms with Gasteiger partial charge in [0.25, 0.3) is 5.91 Å². The van der Waals surface area contributed by atoms with Crippen molar-refractivity contribution in [1.29, 1.82) is 0 Å². The molecule has 0 radical (unpaired) electrons. The Balaban J connectivity index is 1.28. The molecule has 3 aromatic carbocycles. The number of carbonyl (C=O) groups excluding carboxylic acids is 1. The van der Waals surface area contributed by atoms with Crippen molar-refractivity contribution in [3.63, 3.8) is 0 Å². The van der Waals surface area contributed by atoms with Gasteiger partial charge in [0.15, 0.2) is 11.5 Å². The topological polar surface area (TPSA) is 102 Å². The predicted molar refractivity (Wildman–Crippen MR) is 174 cm³/mol. The Labute approximate surface area is 257 Å². The summed E-state index contributed by atoms with van der Waals surface area (Å²) < 4.78 is 13.7. The Kier molecular flexibility index (Phi) is 8.47. The third-order valence-corrected chi connectivity index (χ3v) is 7.96. The minimum atomic E-state index is -0.199. The van der Waals surface area contributed by atoms with Gasteiger partial charge in [-0.15, -0.1) is 0 Å². The molecule has 226 valence electrons. The molecule has 1 unspecified atom stereocenters. The first-order valence-corrected chi connectivity index (χ1v) is 15.0. The summed E-state index contributed by atoms with van der Waals surface area (Å²) in [6.07, 6.45) is 2.73. The number of anilines is 2. The van der Waals surface area contributed by atoms with Crippen LogP contribution in [0.15, 0.2) is 79.0 Å². The number of nitrogens with one attached hydrogen (secondary N) is 3. The van der Waals surface area contributed by atoms with Crippen molar-refractivity contribution in [1.82, 2.24) is 20.1 Å². The second kappa shape index (κ2) is 12.8. The molecule has 1 atom stereocenters. The van der Waals surface area contributed by atoms with E-state index < -0.39 is 0 Å². The molecule has 9 heteroatoms. The Hall–Kier alpha value is -4.89. The number of ether oxygens (including phenoxy) is 2. The quantitative estimate of drug-likeness (QED) is 0.166. The molecular weight excluding hydrogens is 552 g/mol. The van der Waals surface area contributed by atoms with Gasteiger partial charge in [0.05, 0.1) is 13.7 Å². The first-order chi connectivity index (χ1) is 21.4. The first-order valence-electron chi connectivity index (χ1n) is 15.0. The molecule has 6 rings (SSSR count). The van der Waals surface area contributed by atoms with Gasteiger partial charge in [-0.3, -0.25) is 4.79 Å². The van der Waals surface area contributed by atoms with Crippen molar-refractivity contribution in [3.05, 3.63) is 101 Å². The summed E-state index contributed by atoms with van der Waals surface area (Å²) in [5.41, 5.74) is 5.48. The number of aromatic nitrogens is 3. The monoisotopic (exact) mass is 590 g/mol. The molecule has 1 saturated heterocycles. The zero-order valence-electron chi connectivity index (χ0n) is 25.6. The van der Waals surface area contributed by atoms with Crippen LogP contribution >= 0.6 is 0 Å². The molecule has 3 N–H and O–H groups in total. The number of nitrogens with zero attached hydrogens (tertiary/aromatic N) is 3. The first kappa shape index (κ1) is 29.2. The highest BCUT2D eigenvalue weighted by atomic mass is 16.5. The van der Waals surface area contributed by atoms with Gasteiger partial charge in [0.1, 0.15) is 22.6 Å². The Morgan fingerprint density at radius 3 is 2.64 bits per heavy atom. The third kappa shape index (κ3) is 6.38. The van der Waals surface area contributed by atoms with Crippen molar-refractivity contribution >= 4 is 28.4 Å². The van der Waals surface area contributed by atoms with E-state index in [1.807, 2.05) is 59.3 Å². The molecule has 0 spiro atoms. The van der Waals surface area contributed by atoms with E-state index >= 15 is 0 Å². The van der Waals surface area contributed by atoms with Crippen LogP contribution in [0.1, 0.15) is 53.2 Å². The molecule has 0 saturated carbocycles. The number of hydrogen-bond donors (Lipinski definition) is 3. The number of pyridine rings is 1. The lowest BCUT2D eigenvalue weighted by atomic mass is 9.97. The molecule has 2 aromatic heterocycles. The van der Waals surface area contributed by atoms with Gasteiger partial charge in [-0.1, -0.05) is 38.1 Å². The van der Waals surface area contributed by atoms with Crippen LogP contribution in [0.25, 0.3) is 11.0 Å². The van der Waals surface area contributed by atoms with E-state index in [2.05, 4.69) is 42.8 Å². The van der Waals surface area contributed by atoms with E-state index in [4.69, 9.17) is 19.6 Å². The molecular formula is C35H38N6O3. The van der Waals surface area contributed by atoms with E-state index in [9.17, 15) is 4.79 Å². The molecule has 0 aliphatic carbocycles. The molecule has 0 bridgehead atoms. The van der Waals surface area contributed by atoms with E-state index in [0.29, 0.717) is 35.2 Å². The van der Waals surface area contributed by atoms with Crippen LogP contribution in [0.5, 0.6) is 17.2 Å². The second-order valence-electron chi connectivity index (χ2n) is 11.5. The standard InChI is InChI=1S/C35H38N6O3/c1-22(2)30-13-10-26(18-23(30)3)39-35(42)25-6-5-7-29(19-25)44-31-15-17-37-34-32(31)33(38-27-14-16-36-20-27)40-41(34)21-24-8-11-28(43-4)12-9-24/h5-13,15,17-19,22,27,36H,14,16,20-21H2,1-4H3,(H,38,40)(H,39,42). The average Bonchev–Trinajstić information content (AvgIpc) is 3.66. The largest absolute Gasteiger partial charge is 0.497 e. The molecule has 9 nitrogen and oxygen atoms in total. The lowest BCUT2D eigenvalue weighted by Crippen LogP contribution is -2.22. The molecule has 1 amide bonds. The SMILES string of the molecule is COc1ccc(Cn2nc(NC3CCNC3)c3c(Oc4cccc(C(=O)Nc5ccc(C(C)C)c(C)c5)c4)ccnc32)cc1. The van der Waals surface area contributed by atoms with Crippen LogP contribution in [-0.2, 0) is 6.54 Å². The lowest BCUT2D eigenvalue weighted by Gasteiger charge is -2.13. The molecule has 1 aliphatic rings. The molecule has 3 heterocycles. The molecule has 44 heavy (non-hydrogen) atoms. The number of fused-ring (bicyclic) bond motifs is 1. The zero-order chi connectivity index (χ0) is 30.6. The van der Waals surface area contributed by atoms with Gasteiger partial charge < -0.3 is 25.4 Å². The minimum absolute atomic E-state index is 0.199. The van der Waals surface area contributed by atoms with Crippen LogP contribution in [0, 0.1) is 6.92 Å². The van der Waals surface area contributed by atoms with Gasteiger partial charge in [-0.2, -0.15) is 5.10 Å². The smallest absolute Gasteiger partial charge is 0.255 e. The Morgan fingerprint density at radius 1 is 1.07 bits per heavy atom. The third-order valence-electron chi connectivity index (χ3n) is 7.96. The normalized spacial score (nSPS) is 14.6. The van der Waals surface area contributed by atoms with E-state index in [1.54, 1.807) is 25.4 Å². The van der Waals surface area contributed by atoms with Crippen LogP contribution in [0.2, 0.25) is 0 Å². The van der Waals surface area contributed by atoms with Gasteiger partial charge >= 0.3 is 0 Å². The van der Waals surface area contributed by atoms with Crippen LogP contribution < -0.4 is 25.4 Å². The van der Waals surface area contributed by atoms with Crippen molar-refractivity contribution in [2.75, 3.05) is 30.8 Å².